The normalized spacial score (nSPS) is 12.5. The number of rotatable bonds is 6. The maximum atomic E-state index is 10.2. The Balaban J connectivity index is 0.000000243. The molecule has 0 saturated carbocycles. The molecule has 0 radical (unpaired) electrons. The van der Waals surface area contributed by atoms with Crippen LogP contribution in [0.25, 0.3) is 0 Å². The second-order valence-corrected chi connectivity index (χ2v) is 6.71. The first-order valence-corrected chi connectivity index (χ1v) is 8.86. The average Bonchev–Trinajstić information content (AvgIpc) is 2.61. The van der Waals surface area contributed by atoms with E-state index in [4.69, 9.17) is 17.3 Å². The number of nitrogens with two attached hydrogens (primary N) is 1. The van der Waals surface area contributed by atoms with Gasteiger partial charge in [0.2, 0.25) is 0 Å². The molecule has 0 saturated heterocycles. The molecule has 24 heavy (non-hydrogen) atoms. The highest BCUT2D eigenvalue weighted by Crippen LogP contribution is 2.24. The minimum Gasteiger partial charge on any atom is -0.445 e. The lowest BCUT2D eigenvalue weighted by molar-refractivity contribution is 0.150. The number of halogens is 1. The van der Waals surface area contributed by atoms with Crippen molar-refractivity contribution >= 4 is 29.5 Å². The van der Waals surface area contributed by atoms with Crippen LogP contribution in [0.4, 0.5) is 4.79 Å². The van der Waals surface area contributed by atoms with Crippen molar-refractivity contribution in [2.45, 2.75) is 29.8 Å². The Bertz CT molecular complexity index is 583. The molecule has 0 aliphatic carbocycles. The SMILES string of the molecule is CC(Sc1ccccc1)C(O)CCl.NC(=O)OCc1ccccc1. The highest BCUT2D eigenvalue weighted by atomic mass is 35.5. The van der Waals surface area contributed by atoms with Crippen molar-refractivity contribution in [1.82, 2.24) is 0 Å². The second kappa shape index (κ2) is 11.8. The lowest BCUT2D eigenvalue weighted by Crippen LogP contribution is -2.21. The van der Waals surface area contributed by atoms with Crippen LogP contribution in [-0.2, 0) is 11.3 Å². The summed E-state index contributed by atoms with van der Waals surface area (Å²) in [4.78, 5) is 11.3. The number of carbonyl (C=O) groups is 1. The van der Waals surface area contributed by atoms with Crippen molar-refractivity contribution in [3.05, 3.63) is 66.2 Å². The first-order chi connectivity index (χ1) is 11.5. The van der Waals surface area contributed by atoms with Gasteiger partial charge in [0.25, 0.3) is 0 Å². The van der Waals surface area contributed by atoms with E-state index in [9.17, 15) is 9.90 Å². The molecule has 0 fully saturated rings. The van der Waals surface area contributed by atoms with Gasteiger partial charge in [-0.2, -0.15) is 0 Å². The van der Waals surface area contributed by atoms with Crippen LogP contribution in [0.3, 0.4) is 0 Å². The molecule has 0 bridgehead atoms. The molecule has 0 heterocycles. The number of benzene rings is 2. The van der Waals surface area contributed by atoms with Crippen molar-refractivity contribution in [3.8, 4) is 0 Å². The summed E-state index contributed by atoms with van der Waals surface area (Å²) in [6.07, 6.45) is -1.18. The average molecular weight is 368 g/mol. The number of primary amides is 1. The molecular formula is C18H22ClNO3S. The smallest absolute Gasteiger partial charge is 0.404 e. The minimum absolute atomic E-state index is 0.139. The van der Waals surface area contributed by atoms with Crippen molar-refractivity contribution in [2.24, 2.45) is 5.73 Å². The number of carbonyl (C=O) groups excluding carboxylic acids is 1. The third kappa shape index (κ3) is 8.82. The van der Waals surface area contributed by atoms with E-state index in [2.05, 4.69) is 4.74 Å². The molecule has 0 aromatic heterocycles. The first kappa shape index (κ1) is 20.4. The van der Waals surface area contributed by atoms with Gasteiger partial charge in [-0.3, -0.25) is 0 Å². The van der Waals surface area contributed by atoms with E-state index >= 15 is 0 Å². The lowest BCUT2D eigenvalue weighted by Gasteiger charge is -2.15. The molecule has 6 heteroatoms. The summed E-state index contributed by atoms with van der Waals surface area (Å²) in [5, 5.41) is 9.57. The topological polar surface area (TPSA) is 72.5 Å². The van der Waals surface area contributed by atoms with Gasteiger partial charge in [0, 0.05) is 16.0 Å². The molecule has 2 unspecified atom stereocenters. The molecule has 0 aliphatic rings. The van der Waals surface area contributed by atoms with E-state index in [-0.39, 0.29) is 11.9 Å². The van der Waals surface area contributed by atoms with Crippen LogP contribution in [0.5, 0.6) is 0 Å². The predicted molar refractivity (Wildman–Crippen MR) is 99.3 cm³/mol. The fourth-order valence-electron chi connectivity index (χ4n) is 1.65. The number of ether oxygens (including phenoxy) is 1. The molecule has 1 amide bonds. The fraction of sp³-hybridized carbons (Fsp3) is 0.278. The highest BCUT2D eigenvalue weighted by Gasteiger charge is 2.13. The summed E-state index contributed by atoms with van der Waals surface area (Å²) in [5.41, 5.74) is 5.72. The van der Waals surface area contributed by atoms with Crippen LogP contribution < -0.4 is 5.73 Å². The van der Waals surface area contributed by atoms with Crippen LogP contribution in [0.15, 0.2) is 65.6 Å². The van der Waals surface area contributed by atoms with Gasteiger partial charge in [0.1, 0.15) is 6.61 Å². The second-order valence-electron chi connectivity index (χ2n) is 4.95. The highest BCUT2D eigenvalue weighted by molar-refractivity contribution is 8.00. The number of thioether (sulfide) groups is 1. The Morgan fingerprint density at radius 1 is 1.17 bits per heavy atom. The van der Waals surface area contributed by atoms with E-state index < -0.39 is 12.2 Å². The van der Waals surface area contributed by atoms with Crippen LogP contribution in [0.1, 0.15) is 12.5 Å². The van der Waals surface area contributed by atoms with Gasteiger partial charge in [-0.15, -0.1) is 23.4 Å². The fourth-order valence-corrected chi connectivity index (χ4v) is 3.02. The number of alkyl halides is 1. The maximum absolute atomic E-state index is 10.2. The van der Waals surface area contributed by atoms with Crippen molar-refractivity contribution in [2.75, 3.05) is 5.88 Å². The summed E-state index contributed by atoms with van der Waals surface area (Å²) in [7, 11) is 0. The molecule has 0 spiro atoms. The van der Waals surface area contributed by atoms with Gasteiger partial charge in [-0.1, -0.05) is 55.5 Å². The molecule has 3 N–H and O–H groups in total. The largest absolute Gasteiger partial charge is 0.445 e. The monoisotopic (exact) mass is 367 g/mol. The minimum atomic E-state index is -0.742. The van der Waals surface area contributed by atoms with Crippen LogP contribution in [0, 0.1) is 0 Å². The standard InChI is InChI=1S/C10H13ClOS.C8H9NO2/c1-8(10(12)7-11)13-9-5-3-2-4-6-9;9-8(10)11-6-7-4-2-1-3-5-7/h2-6,8,10,12H,7H2,1H3;1-5H,6H2,(H2,9,10). The molecule has 2 rings (SSSR count). The summed E-state index contributed by atoms with van der Waals surface area (Å²) in [6.45, 7) is 2.22. The Labute approximate surface area is 152 Å². The van der Waals surface area contributed by atoms with Crippen LogP contribution in [0.2, 0.25) is 0 Å². The molecular weight excluding hydrogens is 346 g/mol. The van der Waals surface area contributed by atoms with Crippen molar-refractivity contribution in [1.29, 1.82) is 0 Å². The summed E-state index contributed by atoms with van der Waals surface area (Å²) >= 11 is 7.19. The van der Waals surface area contributed by atoms with Gasteiger partial charge in [-0.05, 0) is 17.7 Å². The van der Waals surface area contributed by atoms with Crippen LogP contribution >= 0.6 is 23.4 Å². The van der Waals surface area contributed by atoms with E-state index in [1.165, 1.54) is 4.90 Å². The number of aliphatic hydroxyl groups is 1. The zero-order chi connectivity index (χ0) is 17.8. The summed E-state index contributed by atoms with van der Waals surface area (Å²) in [6, 6.07) is 19.4. The molecule has 130 valence electrons. The Morgan fingerprint density at radius 3 is 2.21 bits per heavy atom. The van der Waals surface area contributed by atoms with Gasteiger partial charge >= 0.3 is 6.09 Å². The molecule has 4 nitrogen and oxygen atoms in total. The molecule has 2 aromatic rings. The molecule has 0 aliphatic heterocycles. The molecule has 2 atom stereocenters. The summed E-state index contributed by atoms with van der Waals surface area (Å²) < 4.78 is 4.57. The lowest BCUT2D eigenvalue weighted by atomic mass is 10.2. The third-order valence-electron chi connectivity index (χ3n) is 2.99. The van der Waals surface area contributed by atoms with Gasteiger partial charge in [-0.25, -0.2) is 4.79 Å². The quantitative estimate of drug-likeness (QED) is 0.596. The van der Waals surface area contributed by atoms with Crippen molar-refractivity contribution < 1.29 is 14.6 Å². The van der Waals surface area contributed by atoms with Crippen LogP contribution in [-0.4, -0.2) is 28.4 Å². The molecule has 2 aromatic carbocycles. The van der Waals surface area contributed by atoms with E-state index in [0.717, 1.165) is 5.56 Å². The maximum Gasteiger partial charge on any atom is 0.404 e. The first-order valence-electron chi connectivity index (χ1n) is 7.44. The Hall–Kier alpha value is -1.69. The predicted octanol–water partition coefficient (Wildman–Crippen LogP) is 4.05. The zero-order valence-corrected chi connectivity index (χ0v) is 15.0. The van der Waals surface area contributed by atoms with E-state index in [1.807, 2.05) is 67.6 Å². The summed E-state index contributed by atoms with van der Waals surface area (Å²) in [5.74, 6) is 0.293. The number of amides is 1. The number of hydrogen-bond donors (Lipinski definition) is 2. The van der Waals surface area contributed by atoms with Gasteiger partial charge < -0.3 is 15.6 Å². The van der Waals surface area contributed by atoms with E-state index in [0.29, 0.717) is 5.88 Å². The van der Waals surface area contributed by atoms with Gasteiger partial charge in [0.05, 0.1) is 6.10 Å². The van der Waals surface area contributed by atoms with E-state index in [1.54, 1.807) is 11.8 Å². The van der Waals surface area contributed by atoms with Gasteiger partial charge in [0.15, 0.2) is 0 Å². The Kier molecular flexibility index (Phi) is 10.00. The zero-order valence-electron chi connectivity index (χ0n) is 13.5. The third-order valence-corrected chi connectivity index (χ3v) is 4.54. The number of aliphatic hydroxyl groups excluding tert-OH is 1. The number of hydrogen-bond acceptors (Lipinski definition) is 4. The Morgan fingerprint density at radius 2 is 1.71 bits per heavy atom. The van der Waals surface area contributed by atoms with Crippen molar-refractivity contribution in [3.63, 3.8) is 0 Å².